The molecule has 1 aliphatic rings. The van der Waals surface area contributed by atoms with Gasteiger partial charge in [-0.05, 0) is 136 Å². The maximum atomic E-state index is 6.12. The summed E-state index contributed by atoms with van der Waals surface area (Å²) in [6, 6.07) is 102. The highest BCUT2D eigenvalue weighted by Gasteiger charge is 2.31. The molecule has 4 nitrogen and oxygen atoms in total. The topological polar surface area (TPSA) is 19.0 Å². The van der Waals surface area contributed by atoms with Gasteiger partial charge in [0, 0.05) is 58.5 Å². The third-order valence-electron chi connectivity index (χ3n) is 15.7. The molecule has 0 radical (unpaired) electrons. The Morgan fingerprint density at radius 1 is 0.350 bits per heavy atom. The van der Waals surface area contributed by atoms with E-state index in [-0.39, 0.29) is 6.04 Å². The molecule has 80 heavy (non-hydrogen) atoms. The molecular weight excluding hydrogens is 971 g/mol. The zero-order valence-electron chi connectivity index (χ0n) is 45.8. The first-order valence-corrected chi connectivity index (χ1v) is 27.9. The highest BCUT2D eigenvalue weighted by atomic mass is 16.5. The van der Waals surface area contributed by atoms with Crippen LogP contribution >= 0.6 is 0 Å². The molecule has 11 aromatic carbocycles. The number of para-hydroxylation sites is 1. The number of hydrogen-bond acceptors (Lipinski definition) is 4. The van der Waals surface area contributed by atoms with Crippen LogP contribution in [0.1, 0.15) is 26.2 Å². The molecular formula is C76H65N3O. The molecule has 4 heteroatoms. The third-order valence-corrected chi connectivity index (χ3v) is 15.7. The number of rotatable bonds is 15. The second-order valence-electron chi connectivity index (χ2n) is 21.2. The van der Waals surface area contributed by atoms with Crippen LogP contribution in [-0.2, 0) is 0 Å². The predicted molar refractivity (Wildman–Crippen MR) is 339 cm³/mol. The van der Waals surface area contributed by atoms with Gasteiger partial charge in [0.25, 0.3) is 0 Å². The van der Waals surface area contributed by atoms with Gasteiger partial charge in [0.05, 0.1) is 29.9 Å². The fraction of sp³-hybridized carbons (Fsp3) is 0.105. The lowest BCUT2D eigenvalue weighted by molar-refractivity contribution is 0.396. The molecule has 0 amide bonds. The molecule has 0 spiro atoms. The fourth-order valence-corrected chi connectivity index (χ4v) is 11.9. The van der Waals surface area contributed by atoms with Gasteiger partial charge in [-0.3, -0.25) is 0 Å². The van der Waals surface area contributed by atoms with E-state index in [0.29, 0.717) is 5.92 Å². The van der Waals surface area contributed by atoms with Gasteiger partial charge in [-0.25, -0.2) is 0 Å². The average molecular weight is 1040 g/mol. The summed E-state index contributed by atoms with van der Waals surface area (Å²) in [5.41, 5.74) is 22.0. The minimum atomic E-state index is 0.236. The molecule has 0 aliphatic heterocycles. The van der Waals surface area contributed by atoms with E-state index in [1.165, 1.54) is 5.57 Å². The van der Waals surface area contributed by atoms with Crippen LogP contribution < -0.4 is 19.4 Å². The van der Waals surface area contributed by atoms with Crippen molar-refractivity contribution in [3.8, 4) is 72.5 Å². The van der Waals surface area contributed by atoms with Crippen molar-refractivity contribution in [2.24, 2.45) is 5.92 Å². The van der Waals surface area contributed by atoms with Crippen molar-refractivity contribution in [2.75, 3.05) is 28.9 Å². The first kappa shape index (κ1) is 51.1. The molecule has 0 aromatic heterocycles. The van der Waals surface area contributed by atoms with E-state index < -0.39 is 0 Å². The summed E-state index contributed by atoms with van der Waals surface area (Å²) >= 11 is 0. The first-order chi connectivity index (χ1) is 39.4. The van der Waals surface area contributed by atoms with Crippen LogP contribution in [0.15, 0.2) is 291 Å². The molecule has 0 saturated heterocycles. The Kier molecular flexibility index (Phi) is 14.8. The van der Waals surface area contributed by atoms with E-state index in [9.17, 15) is 0 Å². The predicted octanol–water partition coefficient (Wildman–Crippen LogP) is 20.8. The molecule has 2 unspecified atom stereocenters. The Morgan fingerprint density at radius 2 is 0.700 bits per heavy atom. The Morgan fingerprint density at radius 3 is 1.09 bits per heavy atom. The van der Waals surface area contributed by atoms with Gasteiger partial charge in [-0.15, -0.1) is 0 Å². The highest BCUT2D eigenvalue weighted by molar-refractivity contribution is 6.04. The molecule has 1 fully saturated rings. The summed E-state index contributed by atoms with van der Waals surface area (Å²) in [4.78, 5) is 7.54. The Balaban J connectivity index is 1.22. The third kappa shape index (κ3) is 10.7. The van der Waals surface area contributed by atoms with Crippen LogP contribution in [-0.4, -0.2) is 20.2 Å². The van der Waals surface area contributed by atoms with Crippen molar-refractivity contribution >= 4 is 39.8 Å². The Hall–Kier alpha value is -9.64. The summed E-state index contributed by atoms with van der Waals surface area (Å²) in [6.07, 6.45) is 3.04. The van der Waals surface area contributed by atoms with E-state index in [1.54, 1.807) is 7.11 Å². The van der Waals surface area contributed by atoms with Gasteiger partial charge in [0.2, 0.25) is 0 Å². The second-order valence-corrected chi connectivity index (χ2v) is 21.2. The standard InChI is InChI=1S/C76H65N3O/c1-54-43-55(2)45-66(44-54)77(3)67-50-68(78(64-39-24-11-25-40-64)75-71(58-31-16-7-17-32-58)46-62(56-27-12-5-13-28-56)47-72(75)59-33-18-8-19-34-59)52-69(51-67)79(65-41-26-42-70(53-65)80-4)76-73(60-35-20-9-21-36-60)48-63(57-29-14-6-15-30-57)49-74(76)61-37-22-10-23-38-61/h5-42,46-53,55,66H,1,43-45H2,2-4H3. The van der Waals surface area contributed by atoms with Crippen LogP contribution in [0.5, 0.6) is 5.75 Å². The summed E-state index contributed by atoms with van der Waals surface area (Å²) in [7, 11) is 4.05. The largest absolute Gasteiger partial charge is 0.497 e. The Labute approximate surface area is 472 Å². The first-order valence-electron chi connectivity index (χ1n) is 27.9. The summed E-state index contributed by atoms with van der Waals surface area (Å²) < 4.78 is 6.12. The van der Waals surface area contributed by atoms with Crippen molar-refractivity contribution in [3.63, 3.8) is 0 Å². The van der Waals surface area contributed by atoms with Gasteiger partial charge in [0.1, 0.15) is 5.75 Å². The lowest BCUT2D eigenvalue weighted by atomic mass is 9.83. The number of nitrogens with zero attached hydrogens (tertiary/aromatic N) is 3. The highest BCUT2D eigenvalue weighted by Crippen LogP contribution is 2.54. The monoisotopic (exact) mass is 1040 g/mol. The van der Waals surface area contributed by atoms with Crippen molar-refractivity contribution in [1.29, 1.82) is 0 Å². The minimum Gasteiger partial charge on any atom is -0.497 e. The van der Waals surface area contributed by atoms with E-state index in [2.05, 4.69) is 308 Å². The van der Waals surface area contributed by atoms with Crippen LogP contribution in [0, 0.1) is 5.92 Å². The van der Waals surface area contributed by atoms with Gasteiger partial charge in [-0.1, -0.05) is 225 Å². The maximum Gasteiger partial charge on any atom is 0.120 e. The number of ether oxygens (including phenoxy) is 1. The molecule has 12 rings (SSSR count). The van der Waals surface area contributed by atoms with Crippen molar-refractivity contribution in [3.05, 3.63) is 291 Å². The zero-order chi connectivity index (χ0) is 54.4. The van der Waals surface area contributed by atoms with Crippen LogP contribution in [0.4, 0.5) is 39.8 Å². The van der Waals surface area contributed by atoms with Crippen molar-refractivity contribution in [2.45, 2.75) is 32.2 Å². The van der Waals surface area contributed by atoms with E-state index >= 15 is 0 Å². The van der Waals surface area contributed by atoms with Crippen LogP contribution in [0.2, 0.25) is 0 Å². The molecule has 0 N–H and O–H groups in total. The SMILES string of the molecule is C=C1CC(C)CC(N(C)c2cc(N(c3ccccc3)c3c(-c4ccccc4)cc(-c4ccccc4)cc3-c3ccccc3)cc(N(c3cccc(OC)c3)c3c(-c4ccccc4)cc(-c4ccccc4)cc3-c3ccccc3)c2)C1. The summed E-state index contributed by atoms with van der Waals surface area (Å²) in [6.45, 7) is 6.99. The van der Waals surface area contributed by atoms with E-state index in [4.69, 9.17) is 4.74 Å². The van der Waals surface area contributed by atoms with E-state index in [1.807, 2.05) is 6.07 Å². The van der Waals surface area contributed by atoms with Crippen LogP contribution in [0.25, 0.3) is 66.8 Å². The lowest BCUT2D eigenvalue weighted by Crippen LogP contribution is -2.36. The number of benzene rings is 11. The summed E-state index contributed by atoms with van der Waals surface area (Å²) in [5, 5.41) is 0. The van der Waals surface area contributed by atoms with Gasteiger partial charge < -0.3 is 19.4 Å². The van der Waals surface area contributed by atoms with Crippen molar-refractivity contribution < 1.29 is 4.74 Å². The van der Waals surface area contributed by atoms with Gasteiger partial charge >= 0.3 is 0 Å². The normalized spacial score (nSPS) is 14.1. The molecule has 1 aliphatic carbocycles. The fourth-order valence-electron chi connectivity index (χ4n) is 11.9. The number of methoxy groups -OCH3 is 1. The number of hydrogen-bond donors (Lipinski definition) is 0. The number of anilines is 7. The molecule has 0 heterocycles. The average Bonchev–Trinajstić information content (AvgIpc) is 3.58. The molecule has 11 aromatic rings. The lowest BCUT2D eigenvalue weighted by Gasteiger charge is -2.39. The van der Waals surface area contributed by atoms with Crippen molar-refractivity contribution in [1.82, 2.24) is 0 Å². The molecule has 1 saturated carbocycles. The van der Waals surface area contributed by atoms with Gasteiger partial charge in [-0.2, -0.15) is 0 Å². The maximum absolute atomic E-state index is 6.12. The zero-order valence-corrected chi connectivity index (χ0v) is 45.8. The summed E-state index contributed by atoms with van der Waals surface area (Å²) in [5.74, 6) is 1.28. The Bertz CT molecular complexity index is 3770. The minimum absolute atomic E-state index is 0.236. The quantitative estimate of drug-likeness (QED) is 0.0953. The molecule has 0 bridgehead atoms. The smallest absolute Gasteiger partial charge is 0.120 e. The second kappa shape index (κ2) is 23.1. The van der Waals surface area contributed by atoms with Crippen LogP contribution in [0.3, 0.4) is 0 Å². The molecule has 2 atom stereocenters. The van der Waals surface area contributed by atoms with E-state index in [0.717, 1.165) is 132 Å². The van der Waals surface area contributed by atoms with Gasteiger partial charge in [0.15, 0.2) is 0 Å². The molecule has 390 valence electrons.